The van der Waals surface area contributed by atoms with Gasteiger partial charge in [0.1, 0.15) is 5.82 Å². The van der Waals surface area contributed by atoms with Gasteiger partial charge in [-0.15, -0.1) is 0 Å². The molecule has 2 aromatic heterocycles. The summed E-state index contributed by atoms with van der Waals surface area (Å²) in [4.78, 5) is 19.7. The molecular formula is C14H13ClF2N4O2. The second kappa shape index (κ2) is 7.68. The maximum atomic E-state index is 12.2. The summed E-state index contributed by atoms with van der Waals surface area (Å²) >= 11 is 5.80. The summed E-state index contributed by atoms with van der Waals surface area (Å²) in [5.74, 6) is -0.275. The van der Waals surface area contributed by atoms with E-state index in [4.69, 9.17) is 22.1 Å². The number of nitrogens with one attached hydrogen (secondary N) is 1. The average Bonchev–Trinajstić information content (AvgIpc) is 2.53. The Kier molecular flexibility index (Phi) is 5.64. The van der Waals surface area contributed by atoms with E-state index in [0.717, 1.165) is 0 Å². The van der Waals surface area contributed by atoms with Gasteiger partial charge in [-0.2, -0.15) is 0 Å². The van der Waals surface area contributed by atoms with E-state index < -0.39 is 18.9 Å². The second-order valence-corrected chi connectivity index (χ2v) is 4.85. The highest BCUT2D eigenvalue weighted by atomic mass is 35.5. The number of carbonyl (C=O) groups is 1. The zero-order chi connectivity index (χ0) is 16.8. The smallest absolute Gasteiger partial charge is 0.272 e. The summed E-state index contributed by atoms with van der Waals surface area (Å²) in [6.45, 7) is -0.720. The molecule has 0 radical (unpaired) electrons. The molecule has 0 atom stereocenters. The van der Waals surface area contributed by atoms with Crippen molar-refractivity contribution in [1.29, 1.82) is 0 Å². The monoisotopic (exact) mass is 342 g/mol. The number of nitrogen functional groups attached to an aromatic ring is 1. The van der Waals surface area contributed by atoms with Crippen LogP contribution in [0.5, 0.6) is 5.88 Å². The van der Waals surface area contributed by atoms with E-state index in [0.29, 0.717) is 5.56 Å². The lowest BCUT2D eigenvalue weighted by Gasteiger charge is -2.11. The largest absolute Gasteiger partial charge is 0.471 e. The van der Waals surface area contributed by atoms with Crippen LogP contribution in [0.3, 0.4) is 0 Å². The van der Waals surface area contributed by atoms with Crippen LogP contribution in [-0.2, 0) is 6.54 Å². The van der Waals surface area contributed by atoms with E-state index in [1.807, 2.05) is 0 Å². The van der Waals surface area contributed by atoms with Gasteiger partial charge in [0.2, 0.25) is 5.88 Å². The standard InChI is InChI=1S/C14H13ClF2N4O2/c15-10-4-9(6-20-12(10)18)13(22)21-5-8-2-1-3-19-14(8)23-7-11(16)17/h1-4,6,11H,5,7H2,(H2,18,20)(H,21,22). The molecule has 122 valence electrons. The number of nitrogens with two attached hydrogens (primary N) is 1. The van der Waals surface area contributed by atoms with Crippen molar-refractivity contribution in [2.24, 2.45) is 0 Å². The minimum atomic E-state index is -2.61. The Morgan fingerprint density at radius 3 is 2.91 bits per heavy atom. The average molecular weight is 343 g/mol. The van der Waals surface area contributed by atoms with Gasteiger partial charge in [0.25, 0.3) is 12.3 Å². The molecule has 0 aliphatic carbocycles. The summed E-state index contributed by atoms with van der Waals surface area (Å²) in [6.07, 6.45) is 0.0894. The molecule has 1 amide bonds. The Balaban J connectivity index is 2.02. The third-order valence-electron chi connectivity index (χ3n) is 2.77. The molecule has 0 aliphatic rings. The van der Waals surface area contributed by atoms with Crippen molar-refractivity contribution in [2.75, 3.05) is 12.3 Å². The lowest BCUT2D eigenvalue weighted by atomic mass is 10.2. The molecule has 0 unspecified atom stereocenters. The molecule has 0 aromatic carbocycles. The van der Waals surface area contributed by atoms with E-state index in [1.165, 1.54) is 18.5 Å². The summed E-state index contributed by atoms with van der Waals surface area (Å²) in [5, 5.41) is 2.77. The SMILES string of the molecule is Nc1ncc(C(=O)NCc2cccnc2OCC(F)F)cc1Cl. The van der Waals surface area contributed by atoms with Crippen LogP contribution >= 0.6 is 11.6 Å². The van der Waals surface area contributed by atoms with Crippen molar-refractivity contribution in [3.8, 4) is 5.88 Å². The van der Waals surface area contributed by atoms with Crippen LogP contribution in [0.15, 0.2) is 30.6 Å². The van der Waals surface area contributed by atoms with Gasteiger partial charge in [-0.1, -0.05) is 17.7 Å². The molecule has 6 nitrogen and oxygen atoms in total. The number of ether oxygens (including phenoxy) is 1. The van der Waals surface area contributed by atoms with Crippen LogP contribution in [0.2, 0.25) is 5.02 Å². The van der Waals surface area contributed by atoms with Gasteiger partial charge in [0.15, 0.2) is 6.61 Å². The van der Waals surface area contributed by atoms with Crippen LogP contribution in [0.1, 0.15) is 15.9 Å². The number of rotatable bonds is 6. The maximum absolute atomic E-state index is 12.2. The Morgan fingerprint density at radius 1 is 1.43 bits per heavy atom. The van der Waals surface area contributed by atoms with E-state index >= 15 is 0 Å². The van der Waals surface area contributed by atoms with Gasteiger partial charge in [-0.25, -0.2) is 18.7 Å². The molecule has 0 fully saturated rings. The van der Waals surface area contributed by atoms with Crippen molar-refractivity contribution in [2.45, 2.75) is 13.0 Å². The molecule has 23 heavy (non-hydrogen) atoms. The lowest BCUT2D eigenvalue weighted by Crippen LogP contribution is -2.23. The minimum Gasteiger partial charge on any atom is -0.471 e. The third kappa shape index (κ3) is 4.75. The first kappa shape index (κ1) is 16.9. The topological polar surface area (TPSA) is 90.1 Å². The molecule has 0 bridgehead atoms. The maximum Gasteiger partial charge on any atom is 0.272 e. The first-order chi connectivity index (χ1) is 11.0. The van der Waals surface area contributed by atoms with Crippen LogP contribution in [0, 0.1) is 0 Å². The Hall–Kier alpha value is -2.48. The van der Waals surface area contributed by atoms with Gasteiger partial charge in [0.05, 0.1) is 10.6 Å². The number of amides is 1. The van der Waals surface area contributed by atoms with Crippen LogP contribution in [-0.4, -0.2) is 28.9 Å². The van der Waals surface area contributed by atoms with E-state index in [-0.39, 0.29) is 28.8 Å². The Bertz CT molecular complexity index is 700. The van der Waals surface area contributed by atoms with Gasteiger partial charge < -0.3 is 15.8 Å². The number of pyridine rings is 2. The summed E-state index contributed by atoms with van der Waals surface area (Å²) in [5.41, 5.74) is 6.16. The molecule has 9 heteroatoms. The Morgan fingerprint density at radius 2 is 2.22 bits per heavy atom. The molecular weight excluding hydrogens is 330 g/mol. The normalized spacial score (nSPS) is 10.6. The number of aromatic nitrogens is 2. The summed E-state index contributed by atoms with van der Waals surface area (Å²) in [6, 6.07) is 4.61. The summed E-state index contributed by atoms with van der Waals surface area (Å²) < 4.78 is 29.3. The number of alkyl halides is 2. The zero-order valence-corrected chi connectivity index (χ0v) is 12.6. The van der Waals surface area contributed by atoms with Crippen molar-refractivity contribution in [3.63, 3.8) is 0 Å². The predicted molar refractivity (Wildman–Crippen MR) is 80.6 cm³/mol. The fraction of sp³-hybridized carbons (Fsp3) is 0.214. The highest BCUT2D eigenvalue weighted by Gasteiger charge is 2.12. The van der Waals surface area contributed by atoms with Gasteiger partial charge >= 0.3 is 0 Å². The first-order valence-electron chi connectivity index (χ1n) is 6.51. The zero-order valence-electron chi connectivity index (χ0n) is 11.8. The van der Waals surface area contributed by atoms with Crippen molar-refractivity contribution in [1.82, 2.24) is 15.3 Å². The highest BCUT2D eigenvalue weighted by Crippen LogP contribution is 2.18. The molecule has 2 heterocycles. The molecule has 0 saturated carbocycles. The number of nitrogens with zero attached hydrogens (tertiary/aromatic N) is 2. The number of anilines is 1. The minimum absolute atomic E-state index is 0.0431. The summed E-state index contributed by atoms with van der Waals surface area (Å²) in [7, 11) is 0. The van der Waals surface area contributed by atoms with Crippen molar-refractivity contribution in [3.05, 3.63) is 46.7 Å². The van der Waals surface area contributed by atoms with E-state index in [9.17, 15) is 13.6 Å². The first-order valence-corrected chi connectivity index (χ1v) is 6.89. The predicted octanol–water partition coefficient (Wildman–Crippen LogP) is 2.29. The highest BCUT2D eigenvalue weighted by molar-refractivity contribution is 6.33. The second-order valence-electron chi connectivity index (χ2n) is 4.44. The van der Waals surface area contributed by atoms with Crippen LogP contribution in [0.25, 0.3) is 0 Å². The fourth-order valence-corrected chi connectivity index (χ4v) is 1.85. The van der Waals surface area contributed by atoms with E-state index in [1.54, 1.807) is 12.1 Å². The Labute approximate surface area is 135 Å². The van der Waals surface area contributed by atoms with Crippen molar-refractivity contribution >= 4 is 23.3 Å². The van der Waals surface area contributed by atoms with Gasteiger partial charge in [-0.05, 0) is 12.1 Å². The van der Waals surface area contributed by atoms with Crippen LogP contribution < -0.4 is 15.8 Å². The molecule has 0 spiro atoms. The third-order valence-corrected chi connectivity index (χ3v) is 3.07. The van der Waals surface area contributed by atoms with Crippen molar-refractivity contribution < 1.29 is 18.3 Å². The molecule has 0 aliphatic heterocycles. The number of hydrogen-bond acceptors (Lipinski definition) is 5. The van der Waals surface area contributed by atoms with E-state index in [2.05, 4.69) is 15.3 Å². The molecule has 0 saturated heterocycles. The molecule has 2 aromatic rings. The van der Waals surface area contributed by atoms with Gasteiger partial charge in [-0.3, -0.25) is 4.79 Å². The number of carbonyl (C=O) groups excluding carboxylic acids is 1. The quantitative estimate of drug-likeness (QED) is 0.840. The number of halogens is 3. The number of hydrogen-bond donors (Lipinski definition) is 2. The molecule has 3 N–H and O–H groups in total. The lowest BCUT2D eigenvalue weighted by molar-refractivity contribution is 0.0787. The molecule has 2 rings (SSSR count). The van der Waals surface area contributed by atoms with Gasteiger partial charge in [0, 0.05) is 24.5 Å². The van der Waals surface area contributed by atoms with Crippen LogP contribution in [0.4, 0.5) is 14.6 Å². The fourth-order valence-electron chi connectivity index (χ4n) is 1.68.